The Bertz CT molecular complexity index is 288. The third-order valence-corrected chi connectivity index (χ3v) is 2.93. The van der Waals surface area contributed by atoms with Crippen LogP contribution in [-0.2, 0) is 9.53 Å². The van der Waals surface area contributed by atoms with E-state index in [9.17, 15) is 9.59 Å². The number of carbonyl (C=O) groups is 2. The van der Waals surface area contributed by atoms with Gasteiger partial charge in [0, 0.05) is 25.6 Å². The topological polar surface area (TPSA) is 78.9 Å². The number of urea groups is 1. The first-order valence-electron chi connectivity index (χ1n) is 6.37. The van der Waals surface area contributed by atoms with Crippen LogP contribution in [-0.4, -0.2) is 53.8 Å². The normalized spacial score (nSPS) is 18.9. The van der Waals surface area contributed by atoms with Crippen LogP contribution in [0, 0.1) is 0 Å². The Morgan fingerprint density at radius 2 is 2.22 bits per heavy atom. The van der Waals surface area contributed by atoms with E-state index in [0.717, 1.165) is 6.42 Å². The maximum absolute atomic E-state index is 12.0. The predicted molar refractivity (Wildman–Crippen MR) is 66.5 cm³/mol. The lowest BCUT2D eigenvalue weighted by molar-refractivity contribution is -0.137. The van der Waals surface area contributed by atoms with Gasteiger partial charge in [-0.3, -0.25) is 4.79 Å². The molecule has 0 saturated carbocycles. The zero-order chi connectivity index (χ0) is 13.5. The Kier molecular flexibility index (Phi) is 5.91. The van der Waals surface area contributed by atoms with E-state index in [1.54, 1.807) is 4.90 Å². The highest BCUT2D eigenvalue weighted by molar-refractivity contribution is 5.75. The maximum atomic E-state index is 12.0. The summed E-state index contributed by atoms with van der Waals surface area (Å²) in [5.74, 6) is -0.830. The molecule has 1 atom stereocenters. The molecule has 0 aromatic rings. The molecule has 0 radical (unpaired) electrons. The van der Waals surface area contributed by atoms with Crippen LogP contribution in [0.25, 0.3) is 0 Å². The fourth-order valence-electron chi connectivity index (χ4n) is 1.90. The lowest BCUT2D eigenvalue weighted by Crippen LogP contribution is -2.48. The summed E-state index contributed by atoms with van der Waals surface area (Å²) in [5.41, 5.74) is 0. The van der Waals surface area contributed by atoms with Gasteiger partial charge in [-0.15, -0.1) is 0 Å². The third kappa shape index (κ3) is 4.91. The highest BCUT2D eigenvalue weighted by atomic mass is 16.5. The number of carbonyl (C=O) groups excluding carboxylic acids is 1. The zero-order valence-corrected chi connectivity index (χ0v) is 11.0. The monoisotopic (exact) mass is 258 g/mol. The van der Waals surface area contributed by atoms with Gasteiger partial charge in [-0.1, -0.05) is 0 Å². The first-order chi connectivity index (χ1) is 8.50. The number of hydrogen-bond acceptors (Lipinski definition) is 3. The summed E-state index contributed by atoms with van der Waals surface area (Å²) in [7, 11) is 0. The molecule has 18 heavy (non-hydrogen) atoms. The van der Waals surface area contributed by atoms with Crippen molar-refractivity contribution in [1.29, 1.82) is 0 Å². The van der Waals surface area contributed by atoms with E-state index in [-0.39, 0.29) is 24.5 Å². The van der Waals surface area contributed by atoms with Gasteiger partial charge in [0.1, 0.15) is 0 Å². The van der Waals surface area contributed by atoms with E-state index < -0.39 is 5.97 Å². The second-order valence-corrected chi connectivity index (χ2v) is 4.79. The molecule has 1 heterocycles. The van der Waals surface area contributed by atoms with Gasteiger partial charge in [-0.25, -0.2) is 4.79 Å². The molecule has 0 bridgehead atoms. The summed E-state index contributed by atoms with van der Waals surface area (Å²) < 4.78 is 5.20. The van der Waals surface area contributed by atoms with E-state index in [2.05, 4.69) is 5.32 Å². The van der Waals surface area contributed by atoms with Gasteiger partial charge in [0.05, 0.1) is 12.6 Å². The average molecular weight is 258 g/mol. The minimum Gasteiger partial charge on any atom is -0.481 e. The van der Waals surface area contributed by atoms with Crippen molar-refractivity contribution in [3.05, 3.63) is 0 Å². The summed E-state index contributed by atoms with van der Waals surface area (Å²) >= 11 is 0. The van der Waals surface area contributed by atoms with Crippen molar-refractivity contribution in [2.45, 2.75) is 45.2 Å². The summed E-state index contributed by atoms with van der Waals surface area (Å²) in [6.45, 7) is 5.55. The Labute approximate surface area is 107 Å². The van der Waals surface area contributed by atoms with Gasteiger partial charge in [-0.05, 0) is 26.7 Å². The van der Waals surface area contributed by atoms with Crippen molar-refractivity contribution in [2.75, 3.05) is 19.8 Å². The van der Waals surface area contributed by atoms with Gasteiger partial charge < -0.3 is 20.1 Å². The number of ether oxygens (including phenoxy) is 1. The van der Waals surface area contributed by atoms with Crippen molar-refractivity contribution in [1.82, 2.24) is 10.2 Å². The second kappa shape index (κ2) is 7.20. The number of nitrogens with one attached hydrogen (secondary N) is 1. The SMILES string of the molecule is CC(C)N(CCCC(=O)O)C(=O)NC1CCOC1. The maximum Gasteiger partial charge on any atom is 0.317 e. The number of carboxylic acids is 1. The van der Waals surface area contributed by atoms with E-state index in [1.807, 2.05) is 13.8 Å². The van der Waals surface area contributed by atoms with Gasteiger partial charge in [-0.2, -0.15) is 0 Å². The molecule has 1 unspecified atom stereocenters. The van der Waals surface area contributed by atoms with Crippen LogP contribution in [0.3, 0.4) is 0 Å². The number of rotatable bonds is 6. The lowest BCUT2D eigenvalue weighted by atomic mass is 10.2. The van der Waals surface area contributed by atoms with Crippen LogP contribution in [0.2, 0.25) is 0 Å². The molecule has 6 heteroatoms. The molecular weight excluding hydrogens is 236 g/mol. The van der Waals surface area contributed by atoms with Crippen LogP contribution >= 0.6 is 0 Å². The molecule has 0 aromatic carbocycles. The highest BCUT2D eigenvalue weighted by Gasteiger charge is 2.22. The summed E-state index contributed by atoms with van der Waals surface area (Å²) in [5, 5.41) is 11.5. The van der Waals surface area contributed by atoms with Crippen LogP contribution < -0.4 is 5.32 Å². The number of nitrogens with zero attached hydrogens (tertiary/aromatic N) is 1. The quantitative estimate of drug-likeness (QED) is 0.746. The molecule has 1 aliphatic heterocycles. The third-order valence-electron chi connectivity index (χ3n) is 2.93. The molecule has 0 spiro atoms. The molecule has 2 N–H and O–H groups in total. The number of aliphatic carboxylic acids is 1. The molecule has 2 amide bonds. The summed E-state index contributed by atoms with van der Waals surface area (Å²) in [6, 6.07) is 0.00484. The Morgan fingerprint density at radius 3 is 2.72 bits per heavy atom. The van der Waals surface area contributed by atoms with Crippen molar-refractivity contribution in [3.8, 4) is 0 Å². The van der Waals surface area contributed by atoms with E-state index in [1.165, 1.54) is 0 Å². The molecule has 1 aliphatic rings. The minimum atomic E-state index is -0.830. The molecule has 104 valence electrons. The Hall–Kier alpha value is -1.30. The molecule has 0 aromatic heterocycles. The minimum absolute atomic E-state index is 0.0566. The summed E-state index contributed by atoms with van der Waals surface area (Å²) in [4.78, 5) is 24.2. The lowest BCUT2D eigenvalue weighted by Gasteiger charge is -2.28. The van der Waals surface area contributed by atoms with Crippen LogP contribution in [0.1, 0.15) is 33.1 Å². The molecule has 6 nitrogen and oxygen atoms in total. The molecule has 1 saturated heterocycles. The predicted octanol–water partition coefficient (Wildman–Crippen LogP) is 1.06. The zero-order valence-electron chi connectivity index (χ0n) is 11.0. The fourth-order valence-corrected chi connectivity index (χ4v) is 1.90. The van der Waals surface area contributed by atoms with E-state index in [0.29, 0.717) is 26.2 Å². The van der Waals surface area contributed by atoms with E-state index >= 15 is 0 Å². The van der Waals surface area contributed by atoms with Gasteiger partial charge >= 0.3 is 12.0 Å². The van der Waals surface area contributed by atoms with Gasteiger partial charge in [0.2, 0.25) is 0 Å². The number of amides is 2. The Morgan fingerprint density at radius 1 is 1.50 bits per heavy atom. The second-order valence-electron chi connectivity index (χ2n) is 4.79. The van der Waals surface area contributed by atoms with Gasteiger partial charge in [0.25, 0.3) is 0 Å². The smallest absolute Gasteiger partial charge is 0.317 e. The van der Waals surface area contributed by atoms with Crippen molar-refractivity contribution in [2.24, 2.45) is 0 Å². The van der Waals surface area contributed by atoms with Crippen LogP contribution in [0.15, 0.2) is 0 Å². The molecule has 1 fully saturated rings. The average Bonchev–Trinajstić information content (AvgIpc) is 2.75. The molecular formula is C12H22N2O4. The largest absolute Gasteiger partial charge is 0.481 e. The summed E-state index contributed by atoms with van der Waals surface area (Å²) in [6.07, 6.45) is 1.40. The van der Waals surface area contributed by atoms with Crippen molar-refractivity contribution < 1.29 is 19.4 Å². The van der Waals surface area contributed by atoms with Crippen molar-refractivity contribution >= 4 is 12.0 Å². The number of carboxylic acid groups (broad SMARTS) is 1. The van der Waals surface area contributed by atoms with Gasteiger partial charge in [0.15, 0.2) is 0 Å². The molecule has 1 rings (SSSR count). The van der Waals surface area contributed by atoms with Crippen molar-refractivity contribution in [3.63, 3.8) is 0 Å². The first-order valence-corrected chi connectivity index (χ1v) is 6.37. The first kappa shape index (κ1) is 14.8. The standard InChI is InChI=1S/C12H22N2O4/c1-9(2)14(6-3-4-11(15)16)12(17)13-10-5-7-18-8-10/h9-10H,3-8H2,1-2H3,(H,13,17)(H,15,16). The number of hydrogen-bond donors (Lipinski definition) is 2. The van der Waals surface area contributed by atoms with E-state index in [4.69, 9.17) is 9.84 Å². The van der Waals surface area contributed by atoms with Crippen LogP contribution in [0.5, 0.6) is 0 Å². The fraction of sp³-hybridized carbons (Fsp3) is 0.833. The molecule has 0 aliphatic carbocycles. The van der Waals surface area contributed by atoms with Crippen LogP contribution in [0.4, 0.5) is 4.79 Å². The Balaban J connectivity index is 2.39. The highest BCUT2D eigenvalue weighted by Crippen LogP contribution is 2.07.